The molecule has 1 amide bonds. The van der Waals surface area contributed by atoms with Gasteiger partial charge in [0, 0.05) is 13.1 Å². The van der Waals surface area contributed by atoms with Crippen LogP contribution in [0.25, 0.3) is 0 Å². The number of hydrogen-bond acceptors (Lipinski definition) is 5. The number of rotatable bonds is 9. The first kappa shape index (κ1) is 23.1. The molecule has 0 spiro atoms. The molecule has 3 rings (SSSR count). The summed E-state index contributed by atoms with van der Waals surface area (Å²) < 4.78 is 38.2. The quantitative estimate of drug-likeness (QED) is 0.598. The summed E-state index contributed by atoms with van der Waals surface area (Å²) in [4.78, 5) is 12.5. The van der Waals surface area contributed by atoms with Gasteiger partial charge < -0.3 is 14.8 Å². The monoisotopic (exact) mass is 446 g/mol. The maximum atomic E-state index is 12.7. The van der Waals surface area contributed by atoms with Gasteiger partial charge in [0.2, 0.25) is 10.0 Å². The number of ether oxygens (including phenoxy) is 2. The molecule has 1 fully saturated rings. The Balaban J connectivity index is 1.43. The smallest absolute Gasteiger partial charge is 0.260 e. The fraction of sp³-hybridized carbons (Fsp3) is 0.435. The predicted octanol–water partition coefficient (Wildman–Crippen LogP) is 3.13. The minimum atomic E-state index is -3.45. The number of benzene rings is 2. The summed E-state index contributed by atoms with van der Waals surface area (Å²) in [6.07, 6.45) is 2.26. The third-order valence-electron chi connectivity index (χ3n) is 5.21. The van der Waals surface area contributed by atoms with Gasteiger partial charge in [0.15, 0.2) is 6.10 Å². The van der Waals surface area contributed by atoms with E-state index in [1.165, 1.54) is 0 Å². The SMILES string of the molecule is Cc1ccccc1O[C@H](C)C(=O)NCCOc1ccc(S(=O)(=O)N2CCCCC2)cc1. The number of amides is 1. The van der Waals surface area contributed by atoms with E-state index in [1.54, 1.807) is 35.5 Å². The van der Waals surface area contributed by atoms with Crippen LogP contribution in [0, 0.1) is 6.92 Å². The van der Waals surface area contributed by atoms with Gasteiger partial charge in [0.1, 0.15) is 18.1 Å². The first-order valence-corrected chi connectivity index (χ1v) is 12.0. The fourth-order valence-corrected chi connectivity index (χ4v) is 4.90. The molecule has 7 nitrogen and oxygen atoms in total. The second-order valence-electron chi connectivity index (χ2n) is 7.60. The number of nitrogens with zero attached hydrogens (tertiary/aromatic N) is 1. The van der Waals surface area contributed by atoms with Gasteiger partial charge in [-0.05, 0) is 62.6 Å². The summed E-state index contributed by atoms with van der Waals surface area (Å²) in [6.45, 7) is 5.36. The molecule has 2 aromatic carbocycles. The molecule has 0 aliphatic carbocycles. The normalized spacial score (nSPS) is 15.8. The molecule has 168 valence electrons. The highest BCUT2D eigenvalue weighted by Gasteiger charge is 2.25. The maximum absolute atomic E-state index is 12.7. The van der Waals surface area contributed by atoms with E-state index in [-0.39, 0.29) is 17.4 Å². The Labute approximate surface area is 184 Å². The van der Waals surface area contributed by atoms with Crippen molar-refractivity contribution < 1.29 is 22.7 Å². The Bertz CT molecular complexity index is 970. The van der Waals surface area contributed by atoms with Crippen LogP contribution in [0.5, 0.6) is 11.5 Å². The molecular formula is C23H30N2O5S. The lowest BCUT2D eigenvalue weighted by atomic mass is 10.2. The van der Waals surface area contributed by atoms with Gasteiger partial charge >= 0.3 is 0 Å². The van der Waals surface area contributed by atoms with Crippen molar-refractivity contribution in [3.8, 4) is 11.5 Å². The van der Waals surface area contributed by atoms with E-state index >= 15 is 0 Å². The molecular weight excluding hydrogens is 416 g/mol. The Morgan fingerprint density at radius 3 is 2.42 bits per heavy atom. The minimum absolute atomic E-state index is 0.227. The number of piperidine rings is 1. The molecule has 31 heavy (non-hydrogen) atoms. The number of para-hydroxylation sites is 1. The van der Waals surface area contributed by atoms with Gasteiger partial charge in [-0.15, -0.1) is 0 Å². The molecule has 1 saturated heterocycles. The molecule has 0 saturated carbocycles. The van der Waals surface area contributed by atoms with E-state index in [4.69, 9.17) is 9.47 Å². The van der Waals surface area contributed by atoms with Crippen LogP contribution >= 0.6 is 0 Å². The van der Waals surface area contributed by atoms with Crippen LogP contribution < -0.4 is 14.8 Å². The third-order valence-corrected chi connectivity index (χ3v) is 7.13. The number of hydrogen-bond donors (Lipinski definition) is 1. The topological polar surface area (TPSA) is 84.9 Å². The first-order valence-electron chi connectivity index (χ1n) is 10.6. The maximum Gasteiger partial charge on any atom is 0.260 e. The van der Waals surface area contributed by atoms with Gasteiger partial charge in [-0.3, -0.25) is 4.79 Å². The van der Waals surface area contributed by atoms with Gasteiger partial charge in [-0.2, -0.15) is 4.31 Å². The van der Waals surface area contributed by atoms with Gasteiger partial charge in [0.05, 0.1) is 11.4 Å². The Kier molecular flexibility index (Phi) is 7.92. The van der Waals surface area contributed by atoms with Crippen LogP contribution in [0.3, 0.4) is 0 Å². The van der Waals surface area contributed by atoms with Crippen molar-refractivity contribution in [3.63, 3.8) is 0 Å². The van der Waals surface area contributed by atoms with Crippen molar-refractivity contribution in [1.82, 2.24) is 9.62 Å². The summed E-state index contributed by atoms with van der Waals surface area (Å²) in [5, 5.41) is 2.78. The van der Waals surface area contributed by atoms with E-state index in [0.29, 0.717) is 31.1 Å². The Hall–Kier alpha value is -2.58. The number of sulfonamides is 1. The molecule has 0 radical (unpaired) electrons. The second-order valence-corrected chi connectivity index (χ2v) is 9.54. The number of carbonyl (C=O) groups is 1. The van der Waals surface area contributed by atoms with E-state index in [1.807, 2.05) is 31.2 Å². The molecule has 0 aromatic heterocycles. The highest BCUT2D eigenvalue weighted by Crippen LogP contribution is 2.22. The molecule has 1 aliphatic heterocycles. The molecule has 2 aromatic rings. The molecule has 0 unspecified atom stereocenters. The van der Waals surface area contributed by atoms with E-state index < -0.39 is 16.1 Å². The average molecular weight is 447 g/mol. The summed E-state index contributed by atoms with van der Waals surface area (Å²) >= 11 is 0. The average Bonchev–Trinajstić information content (AvgIpc) is 2.79. The molecule has 1 aliphatic rings. The Morgan fingerprint density at radius 1 is 1.06 bits per heavy atom. The van der Waals surface area contributed by atoms with Crippen molar-refractivity contribution in [3.05, 3.63) is 54.1 Å². The highest BCUT2D eigenvalue weighted by molar-refractivity contribution is 7.89. The lowest BCUT2D eigenvalue weighted by molar-refractivity contribution is -0.127. The van der Waals surface area contributed by atoms with E-state index in [2.05, 4.69) is 5.32 Å². The van der Waals surface area contributed by atoms with Crippen LogP contribution in [-0.4, -0.2) is 51.0 Å². The molecule has 8 heteroatoms. The van der Waals surface area contributed by atoms with Crippen LogP contribution in [0.4, 0.5) is 0 Å². The first-order chi connectivity index (χ1) is 14.9. The van der Waals surface area contributed by atoms with Crippen LogP contribution in [0.2, 0.25) is 0 Å². The molecule has 1 heterocycles. The van der Waals surface area contributed by atoms with E-state index in [9.17, 15) is 13.2 Å². The lowest BCUT2D eigenvalue weighted by Crippen LogP contribution is -2.38. The largest absolute Gasteiger partial charge is 0.492 e. The predicted molar refractivity (Wildman–Crippen MR) is 119 cm³/mol. The summed E-state index contributed by atoms with van der Waals surface area (Å²) in [5.74, 6) is 1.01. The number of carbonyl (C=O) groups excluding carboxylic acids is 1. The zero-order chi connectivity index (χ0) is 22.3. The summed E-state index contributed by atoms with van der Waals surface area (Å²) in [5.41, 5.74) is 0.969. The van der Waals surface area contributed by atoms with Crippen LogP contribution in [-0.2, 0) is 14.8 Å². The van der Waals surface area contributed by atoms with Gasteiger partial charge in [0.25, 0.3) is 5.91 Å². The second kappa shape index (κ2) is 10.6. The number of aryl methyl sites for hydroxylation is 1. The van der Waals surface area contributed by atoms with Gasteiger partial charge in [-0.1, -0.05) is 24.6 Å². The molecule has 0 bridgehead atoms. The minimum Gasteiger partial charge on any atom is -0.492 e. The summed E-state index contributed by atoms with van der Waals surface area (Å²) in [6, 6.07) is 14.0. The zero-order valence-corrected chi connectivity index (χ0v) is 18.9. The van der Waals surface area contributed by atoms with Crippen LogP contribution in [0.15, 0.2) is 53.4 Å². The summed E-state index contributed by atoms with van der Waals surface area (Å²) in [7, 11) is -3.45. The number of nitrogens with one attached hydrogen (secondary N) is 1. The van der Waals surface area contributed by atoms with Crippen molar-refractivity contribution in [2.45, 2.75) is 44.1 Å². The third kappa shape index (κ3) is 6.21. The fourth-order valence-electron chi connectivity index (χ4n) is 3.38. The lowest BCUT2D eigenvalue weighted by Gasteiger charge is -2.25. The van der Waals surface area contributed by atoms with Crippen molar-refractivity contribution >= 4 is 15.9 Å². The molecule has 1 N–H and O–H groups in total. The van der Waals surface area contributed by atoms with E-state index in [0.717, 1.165) is 24.8 Å². The zero-order valence-electron chi connectivity index (χ0n) is 18.0. The van der Waals surface area contributed by atoms with Crippen molar-refractivity contribution in [2.24, 2.45) is 0 Å². The highest BCUT2D eigenvalue weighted by atomic mass is 32.2. The van der Waals surface area contributed by atoms with Crippen molar-refractivity contribution in [2.75, 3.05) is 26.2 Å². The Morgan fingerprint density at radius 2 is 1.74 bits per heavy atom. The van der Waals surface area contributed by atoms with Gasteiger partial charge in [-0.25, -0.2) is 8.42 Å². The van der Waals surface area contributed by atoms with Crippen molar-refractivity contribution in [1.29, 1.82) is 0 Å². The standard InChI is InChI=1S/C23H30N2O5S/c1-18-8-4-5-9-22(18)30-19(2)23(26)24-14-17-29-20-10-12-21(13-11-20)31(27,28)25-15-6-3-7-16-25/h4-5,8-13,19H,3,6-7,14-17H2,1-2H3,(H,24,26)/t19-/m1/s1. The molecule has 1 atom stereocenters. The van der Waals surface area contributed by atoms with Crippen LogP contribution in [0.1, 0.15) is 31.7 Å².